The van der Waals surface area contributed by atoms with Gasteiger partial charge in [0, 0.05) is 52.9 Å². The highest BCUT2D eigenvalue weighted by atomic mass is 32.2. The molecule has 2 rings (SSSR count). The number of hydrazine groups is 1. The van der Waals surface area contributed by atoms with Crippen LogP contribution in [0.5, 0.6) is 0 Å². The number of hydrogen-bond donors (Lipinski definition) is 2. The van der Waals surface area contributed by atoms with E-state index in [9.17, 15) is 13.8 Å². The Morgan fingerprint density at radius 1 is 0.917 bits per heavy atom. The minimum atomic E-state index is -1.10. The molecule has 0 aliphatic carbocycles. The topological polar surface area (TPSA) is 78.5 Å². The molecule has 0 aliphatic rings. The first-order valence-corrected chi connectivity index (χ1v) is 8.76. The summed E-state index contributed by atoms with van der Waals surface area (Å²) >= 11 is 0. The number of benzene rings is 2. The van der Waals surface area contributed by atoms with Gasteiger partial charge in [0.1, 0.15) is 0 Å². The van der Waals surface area contributed by atoms with Gasteiger partial charge in [-0.15, -0.1) is 0 Å². The van der Waals surface area contributed by atoms with Gasteiger partial charge < -0.3 is 4.90 Å². The molecule has 0 spiro atoms. The molecule has 0 aliphatic heterocycles. The van der Waals surface area contributed by atoms with Gasteiger partial charge >= 0.3 is 0 Å². The average Bonchev–Trinajstić information content (AvgIpc) is 2.59. The number of nitrogens with zero attached hydrogens (tertiary/aromatic N) is 1. The smallest absolute Gasteiger partial charge is 0.269 e. The molecule has 0 fully saturated rings. The van der Waals surface area contributed by atoms with Crippen molar-refractivity contribution in [1.29, 1.82) is 0 Å². The van der Waals surface area contributed by atoms with E-state index < -0.39 is 22.6 Å². The van der Waals surface area contributed by atoms with Crippen LogP contribution in [0.4, 0.5) is 5.69 Å². The summed E-state index contributed by atoms with van der Waals surface area (Å²) in [4.78, 5) is 26.7. The third-order valence-corrected chi connectivity index (χ3v) is 4.30. The standard InChI is InChI=1S/C17H19N3O3S/c1-20(2)14-6-4-5-13(11-14)17(22)19-18-16(21)12-7-9-15(10-8-12)24(3)23/h4-11H,1-3H3,(H,18,21)(H,19,22). The van der Waals surface area contributed by atoms with Crippen LogP contribution in [0.3, 0.4) is 0 Å². The van der Waals surface area contributed by atoms with Crippen molar-refractivity contribution in [3.8, 4) is 0 Å². The first-order chi connectivity index (χ1) is 11.4. The lowest BCUT2D eigenvalue weighted by atomic mass is 10.2. The van der Waals surface area contributed by atoms with Gasteiger partial charge in [-0.25, -0.2) is 0 Å². The van der Waals surface area contributed by atoms with Gasteiger partial charge in [0.05, 0.1) is 0 Å². The largest absolute Gasteiger partial charge is 0.378 e. The molecular weight excluding hydrogens is 326 g/mol. The Bertz CT molecular complexity index is 773. The van der Waals surface area contributed by atoms with Crippen molar-refractivity contribution < 1.29 is 13.8 Å². The van der Waals surface area contributed by atoms with E-state index in [-0.39, 0.29) is 0 Å². The Morgan fingerprint density at radius 3 is 2.04 bits per heavy atom. The Morgan fingerprint density at radius 2 is 1.50 bits per heavy atom. The van der Waals surface area contributed by atoms with Crippen LogP contribution in [0.25, 0.3) is 0 Å². The normalized spacial score (nSPS) is 11.5. The van der Waals surface area contributed by atoms with E-state index in [1.54, 1.807) is 48.7 Å². The quantitative estimate of drug-likeness (QED) is 0.825. The maximum Gasteiger partial charge on any atom is 0.269 e. The molecule has 0 saturated carbocycles. The summed E-state index contributed by atoms with van der Waals surface area (Å²) in [6, 6.07) is 13.4. The van der Waals surface area contributed by atoms with Gasteiger partial charge in [-0.2, -0.15) is 0 Å². The summed E-state index contributed by atoms with van der Waals surface area (Å²) in [5.74, 6) is -0.848. The van der Waals surface area contributed by atoms with Crippen molar-refractivity contribution in [2.45, 2.75) is 4.90 Å². The van der Waals surface area contributed by atoms with Crippen molar-refractivity contribution in [2.24, 2.45) is 0 Å². The van der Waals surface area contributed by atoms with E-state index in [1.807, 2.05) is 25.1 Å². The number of nitrogens with one attached hydrogen (secondary N) is 2. The minimum Gasteiger partial charge on any atom is -0.378 e. The molecule has 0 radical (unpaired) electrons. The van der Waals surface area contributed by atoms with Crippen molar-refractivity contribution in [1.82, 2.24) is 10.9 Å². The molecule has 2 amide bonds. The number of carbonyl (C=O) groups excluding carboxylic acids is 2. The minimum absolute atomic E-state index is 0.367. The van der Waals surface area contributed by atoms with Crippen LogP contribution in [0.1, 0.15) is 20.7 Å². The second-order valence-corrected chi connectivity index (χ2v) is 6.71. The maximum absolute atomic E-state index is 12.1. The Balaban J connectivity index is 1.99. The molecule has 0 saturated heterocycles. The molecule has 2 aromatic carbocycles. The third kappa shape index (κ3) is 4.42. The Hall–Kier alpha value is -2.67. The van der Waals surface area contributed by atoms with Crippen molar-refractivity contribution in [2.75, 3.05) is 25.3 Å². The Kier molecular flexibility index (Phi) is 5.70. The number of anilines is 1. The molecule has 2 aromatic rings. The molecule has 0 heterocycles. The van der Waals surface area contributed by atoms with E-state index in [4.69, 9.17) is 0 Å². The monoisotopic (exact) mass is 345 g/mol. The molecule has 7 heteroatoms. The molecule has 1 atom stereocenters. The third-order valence-electron chi connectivity index (χ3n) is 3.36. The van der Waals surface area contributed by atoms with E-state index in [1.165, 1.54) is 0 Å². The fourth-order valence-electron chi connectivity index (χ4n) is 1.98. The summed E-state index contributed by atoms with van der Waals surface area (Å²) in [6.07, 6.45) is 1.57. The highest BCUT2D eigenvalue weighted by Crippen LogP contribution is 2.13. The number of carbonyl (C=O) groups is 2. The molecule has 2 N–H and O–H groups in total. The summed E-state index contributed by atoms with van der Waals surface area (Å²) < 4.78 is 11.3. The first kappa shape index (κ1) is 17.7. The van der Waals surface area contributed by atoms with Gasteiger partial charge in [-0.3, -0.25) is 24.6 Å². The molecule has 24 heavy (non-hydrogen) atoms. The summed E-state index contributed by atoms with van der Waals surface area (Å²) in [6.45, 7) is 0. The van der Waals surface area contributed by atoms with Crippen molar-refractivity contribution in [3.63, 3.8) is 0 Å². The van der Waals surface area contributed by atoms with Crippen LogP contribution in [-0.4, -0.2) is 36.4 Å². The lowest BCUT2D eigenvalue weighted by molar-refractivity contribution is 0.0846. The van der Waals surface area contributed by atoms with Crippen LogP contribution in [0.15, 0.2) is 53.4 Å². The molecule has 126 valence electrons. The second-order valence-electron chi connectivity index (χ2n) is 5.33. The van der Waals surface area contributed by atoms with Crippen LogP contribution >= 0.6 is 0 Å². The second kappa shape index (κ2) is 7.74. The van der Waals surface area contributed by atoms with Gasteiger partial charge in [-0.1, -0.05) is 6.07 Å². The first-order valence-electron chi connectivity index (χ1n) is 7.20. The molecular formula is C17H19N3O3S. The number of rotatable bonds is 4. The van der Waals surface area contributed by atoms with Crippen LogP contribution in [0.2, 0.25) is 0 Å². The highest BCUT2D eigenvalue weighted by Gasteiger charge is 2.10. The van der Waals surface area contributed by atoms with Crippen LogP contribution in [0, 0.1) is 0 Å². The van der Waals surface area contributed by atoms with Gasteiger partial charge in [0.15, 0.2) is 0 Å². The van der Waals surface area contributed by atoms with Gasteiger partial charge in [-0.05, 0) is 42.5 Å². The summed E-state index contributed by atoms with van der Waals surface area (Å²) in [5, 5.41) is 0. The number of amides is 2. The molecule has 1 unspecified atom stereocenters. The fourth-order valence-corrected chi connectivity index (χ4v) is 2.50. The lowest BCUT2D eigenvalue weighted by Gasteiger charge is -2.13. The van der Waals surface area contributed by atoms with E-state index in [0.29, 0.717) is 16.0 Å². The summed E-state index contributed by atoms with van der Waals surface area (Å²) in [5.41, 5.74) is 6.45. The van der Waals surface area contributed by atoms with Crippen molar-refractivity contribution in [3.05, 3.63) is 59.7 Å². The predicted molar refractivity (Wildman–Crippen MR) is 94.5 cm³/mol. The van der Waals surface area contributed by atoms with E-state index in [0.717, 1.165) is 5.69 Å². The van der Waals surface area contributed by atoms with Gasteiger partial charge in [0.25, 0.3) is 11.8 Å². The van der Waals surface area contributed by atoms with Crippen molar-refractivity contribution >= 4 is 28.3 Å². The summed E-state index contributed by atoms with van der Waals surface area (Å²) in [7, 11) is 2.66. The SMILES string of the molecule is CN(C)c1cccc(C(=O)NNC(=O)c2ccc(S(C)=O)cc2)c1. The van der Waals surface area contributed by atoms with Crippen LogP contribution in [-0.2, 0) is 10.8 Å². The molecule has 0 bridgehead atoms. The highest BCUT2D eigenvalue weighted by molar-refractivity contribution is 7.84. The molecule has 0 aromatic heterocycles. The Labute approximate surface area is 143 Å². The lowest BCUT2D eigenvalue weighted by Crippen LogP contribution is -2.41. The average molecular weight is 345 g/mol. The van der Waals surface area contributed by atoms with E-state index >= 15 is 0 Å². The van der Waals surface area contributed by atoms with E-state index in [2.05, 4.69) is 10.9 Å². The van der Waals surface area contributed by atoms with Crippen LogP contribution < -0.4 is 15.8 Å². The number of hydrogen-bond acceptors (Lipinski definition) is 4. The zero-order chi connectivity index (χ0) is 17.7. The van der Waals surface area contributed by atoms with Gasteiger partial charge in [0.2, 0.25) is 0 Å². The maximum atomic E-state index is 12.1. The zero-order valence-electron chi connectivity index (χ0n) is 13.7. The zero-order valence-corrected chi connectivity index (χ0v) is 14.5. The molecule has 6 nitrogen and oxygen atoms in total. The predicted octanol–water partition coefficient (Wildman–Crippen LogP) is 1.56. The fraction of sp³-hybridized carbons (Fsp3) is 0.176.